The van der Waals surface area contributed by atoms with Crippen LogP contribution in [0.1, 0.15) is 19.8 Å². The summed E-state index contributed by atoms with van der Waals surface area (Å²) in [6.07, 6.45) is 6.21. The first kappa shape index (κ1) is 13.4. The molecule has 0 atom stereocenters. The van der Waals surface area contributed by atoms with E-state index in [1.807, 2.05) is 12.4 Å². The number of aromatic nitrogens is 2. The Hall–Kier alpha value is -1.07. The van der Waals surface area contributed by atoms with Gasteiger partial charge in [-0.1, -0.05) is 0 Å². The number of piperidine rings is 1. The summed E-state index contributed by atoms with van der Waals surface area (Å²) in [5.74, 6) is 1.07. The molecular weight excluding hydrogens is 228 g/mol. The fraction of sp³-hybridized carbons (Fsp3) is 0.769. The van der Waals surface area contributed by atoms with Crippen molar-refractivity contribution >= 4 is 5.95 Å². The molecular formula is C13H24N4O. The van der Waals surface area contributed by atoms with Crippen molar-refractivity contribution in [1.29, 1.82) is 0 Å². The van der Waals surface area contributed by atoms with Gasteiger partial charge >= 0.3 is 0 Å². The smallest absolute Gasteiger partial charge is 0.205 e. The van der Waals surface area contributed by atoms with E-state index in [0.29, 0.717) is 0 Å². The molecule has 0 aromatic carbocycles. The van der Waals surface area contributed by atoms with Crippen LogP contribution in [0.3, 0.4) is 0 Å². The van der Waals surface area contributed by atoms with Gasteiger partial charge in [-0.15, -0.1) is 0 Å². The SMILES string of the molecule is CNC1(C)CCN(c2nccn2CCOC)CC1. The van der Waals surface area contributed by atoms with Crippen molar-refractivity contribution in [3.63, 3.8) is 0 Å². The Morgan fingerprint density at radius 1 is 1.44 bits per heavy atom. The number of hydrogen-bond donors (Lipinski definition) is 1. The summed E-state index contributed by atoms with van der Waals surface area (Å²) >= 11 is 0. The summed E-state index contributed by atoms with van der Waals surface area (Å²) in [7, 11) is 3.78. The minimum Gasteiger partial charge on any atom is -0.383 e. The predicted octanol–water partition coefficient (Wildman–Crippen LogP) is 1.11. The van der Waals surface area contributed by atoms with Gasteiger partial charge in [0.25, 0.3) is 0 Å². The number of rotatable bonds is 5. The van der Waals surface area contributed by atoms with E-state index in [-0.39, 0.29) is 5.54 Å². The maximum Gasteiger partial charge on any atom is 0.205 e. The zero-order valence-electron chi connectivity index (χ0n) is 11.6. The molecule has 0 bridgehead atoms. The molecule has 2 heterocycles. The first-order valence-corrected chi connectivity index (χ1v) is 6.62. The lowest BCUT2D eigenvalue weighted by Crippen LogP contribution is -2.50. The minimum atomic E-state index is 0.278. The van der Waals surface area contributed by atoms with Crippen LogP contribution in [0.2, 0.25) is 0 Å². The van der Waals surface area contributed by atoms with Gasteiger partial charge in [-0.05, 0) is 26.8 Å². The molecule has 2 rings (SSSR count). The molecule has 1 N–H and O–H groups in total. The quantitative estimate of drug-likeness (QED) is 0.852. The van der Waals surface area contributed by atoms with Crippen molar-refractivity contribution < 1.29 is 4.74 Å². The minimum absolute atomic E-state index is 0.278. The van der Waals surface area contributed by atoms with Crippen LogP contribution in [0.5, 0.6) is 0 Å². The van der Waals surface area contributed by atoms with Gasteiger partial charge in [0.1, 0.15) is 0 Å². The molecule has 102 valence electrons. The average molecular weight is 252 g/mol. The number of imidazole rings is 1. The van der Waals surface area contributed by atoms with Gasteiger partial charge in [-0.3, -0.25) is 0 Å². The van der Waals surface area contributed by atoms with Crippen LogP contribution in [0.25, 0.3) is 0 Å². The third-order valence-corrected chi connectivity index (χ3v) is 3.98. The molecule has 1 aromatic rings. The Bertz CT molecular complexity index is 369. The van der Waals surface area contributed by atoms with Crippen molar-refractivity contribution in [1.82, 2.24) is 14.9 Å². The summed E-state index contributed by atoms with van der Waals surface area (Å²) in [5.41, 5.74) is 0.278. The van der Waals surface area contributed by atoms with Gasteiger partial charge < -0.3 is 19.5 Å². The maximum absolute atomic E-state index is 5.13. The third-order valence-electron chi connectivity index (χ3n) is 3.98. The van der Waals surface area contributed by atoms with Gasteiger partial charge in [-0.25, -0.2) is 4.98 Å². The molecule has 18 heavy (non-hydrogen) atoms. The molecule has 1 fully saturated rings. The van der Waals surface area contributed by atoms with E-state index in [9.17, 15) is 0 Å². The van der Waals surface area contributed by atoms with E-state index in [1.165, 1.54) is 0 Å². The molecule has 0 aliphatic carbocycles. The molecule has 1 aromatic heterocycles. The number of anilines is 1. The normalized spacial score (nSPS) is 19.2. The number of methoxy groups -OCH3 is 1. The molecule has 5 heteroatoms. The van der Waals surface area contributed by atoms with Crippen LogP contribution < -0.4 is 10.2 Å². The van der Waals surface area contributed by atoms with Gasteiger partial charge in [0.2, 0.25) is 5.95 Å². The number of nitrogens with zero attached hydrogens (tertiary/aromatic N) is 3. The lowest BCUT2D eigenvalue weighted by Gasteiger charge is -2.39. The third kappa shape index (κ3) is 2.84. The van der Waals surface area contributed by atoms with Crippen LogP contribution in [0, 0.1) is 0 Å². The second-order valence-electron chi connectivity index (χ2n) is 5.21. The molecule has 0 spiro atoms. The van der Waals surface area contributed by atoms with Gasteiger partial charge in [-0.2, -0.15) is 0 Å². The highest BCUT2D eigenvalue weighted by atomic mass is 16.5. The highest BCUT2D eigenvalue weighted by Crippen LogP contribution is 2.24. The standard InChI is InChI=1S/C13H24N4O/c1-13(14-2)4-7-16(8-5-13)12-15-6-9-17(12)10-11-18-3/h6,9,14H,4-5,7-8,10-11H2,1-3H3. The maximum atomic E-state index is 5.13. The molecule has 1 aliphatic rings. The Kier molecular flexibility index (Phi) is 4.24. The molecule has 0 saturated carbocycles. The zero-order valence-corrected chi connectivity index (χ0v) is 11.6. The molecule has 5 nitrogen and oxygen atoms in total. The van der Waals surface area contributed by atoms with Crippen LogP contribution in [0.4, 0.5) is 5.95 Å². The van der Waals surface area contributed by atoms with Crippen molar-refractivity contribution in [3.8, 4) is 0 Å². The molecule has 1 saturated heterocycles. The van der Waals surface area contributed by atoms with Gasteiger partial charge in [0.05, 0.1) is 6.61 Å². The van der Waals surface area contributed by atoms with Crippen LogP contribution in [-0.4, -0.2) is 48.9 Å². The molecule has 1 aliphatic heterocycles. The topological polar surface area (TPSA) is 42.3 Å². The monoisotopic (exact) mass is 252 g/mol. The molecule has 0 radical (unpaired) electrons. The highest BCUT2D eigenvalue weighted by Gasteiger charge is 2.29. The average Bonchev–Trinajstić information content (AvgIpc) is 2.85. The summed E-state index contributed by atoms with van der Waals surface area (Å²) in [6.45, 7) is 6.00. The van der Waals surface area contributed by atoms with E-state index < -0.39 is 0 Å². The number of nitrogens with one attached hydrogen (secondary N) is 1. The second kappa shape index (κ2) is 5.71. The summed E-state index contributed by atoms with van der Waals surface area (Å²) in [4.78, 5) is 6.85. The summed E-state index contributed by atoms with van der Waals surface area (Å²) in [6, 6.07) is 0. The fourth-order valence-electron chi connectivity index (χ4n) is 2.40. The van der Waals surface area contributed by atoms with Crippen LogP contribution in [0.15, 0.2) is 12.4 Å². The second-order valence-corrected chi connectivity index (χ2v) is 5.21. The molecule has 0 amide bonds. The van der Waals surface area contributed by atoms with Crippen molar-refractivity contribution in [3.05, 3.63) is 12.4 Å². The van der Waals surface area contributed by atoms with E-state index >= 15 is 0 Å². The fourth-order valence-corrected chi connectivity index (χ4v) is 2.40. The number of ether oxygens (including phenoxy) is 1. The van der Waals surface area contributed by atoms with Crippen LogP contribution >= 0.6 is 0 Å². The number of hydrogen-bond acceptors (Lipinski definition) is 4. The van der Waals surface area contributed by atoms with E-state index in [2.05, 4.69) is 33.7 Å². The van der Waals surface area contributed by atoms with Crippen molar-refractivity contribution in [2.45, 2.75) is 31.8 Å². The lowest BCUT2D eigenvalue weighted by atomic mass is 9.90. The van der Waals surface area contributed by atoms with Gasteiger partial charge in [0, 0.05) is 44.7 Å². The van der Waals surface area contributed by atoms with Crippen LogP contribution in [-0.2, 0) is 11.3 Å². The van der Waals surface area contributed by atoms with E-state index in [1.54, 1.807) is 7.11 Å². The Balaban J connectivity index is 1.99. The van der Waals surface area contributed by atoms with E-state index in [0.717, 1.165) is 45.0 Å². The zero-order chi connectivity index (χ0) is 13.0. The molecule has 0 unspecified atom stereocenters. The van der Waals surface area contributed by atoms with E-state index in [4.69, 9.17) is 4.74 Å². The van der Waals surface area contributed by atoms with Crippen molar-refractivity contribution in [2.75, 3.05) is 38.8 Å². The summed E-state index contributed by atoms with van der Waals surface area (Å²) in [5, 5.41) is 3.42. The lowest BCUT2D eigenvalue weighted by molar-refractivity contribution is 0.187. The first-order valence-electron chi connectivity index (χ1n) is 6.62. The Labute approximate surface area is 109 Å². The first-order chi connectivity index (χ1) is 8.68. The largest absolute Gasteiger partial charge is 0.383 e. The Morgan fingerprint density at radius 2 is 2.17 bits per heavy atom. The Morgan fingerprint density at radius 3 is 2.78 bits per heavy atom. The van der Waals surface area contributed by atoms with Crippen molar-refractivity contribution in [2.24, 2.45) is 0 Å². The predicted molar refractivity (Wildman–Crippen MR) is 73.0 cm³/mol. The van der Waals surface area contributed by atoms with Gasteiger partial charge in [0.15, 0.2) is 0 Å². The highest BCUT2D eigenvalue weighted by molar-refractivity contribution is 5.32. The summed E-state index contributed by atoms with van der Waals surface area (Å²) < 4.78 is 7.30.